The molecule has 0 spiro atoms. The van der Waals surface area contributed by atoms with Gasteiger partial charge in [0.15, 0.2) is 5.78 Å². The van der Waals surface area contributed by atoms with Gasteiger partial charge in [0.05, 0.1) is 5.41 Å². The maximum absolute atomic E-state index is 13.3. The first kappa shape index (κ1) is 24.1. The van der Waals surface area contributed by atoms with Crippen LogP contribution in [-0.4, -0.2) is 30.3 Å². The van der Waals surface area contributed by atoms with E-state index in [-0.39, 0.29) is 29.5 Å². The minimum Gasteiger partial charge on any atom is -0.388 e. The second kappa shape index (κ2) is 8.79. The van der Waals surface area contributed by atoms with Crippen molar-refractivity contribution in [3.8, 4) is 11.8 Å². The molecule has 0 aromatic heterocycles. The monoisotopic (exact) mass is 471 g/mol. The van der Waals surface area contributed by atoms with E-state index in [1.165, 1.54) is 22.3 Å². The molecule has 0 bridgehead atoms. The zero-order chi connectivity index (χ0) is 25.0. The standard InChI is InChI=1S/C31H37NO3/c1-19-16-26-28-12-14-31(20(2)34,13-5-15-33)30(28,3)18-27(21-6-8-22(32-4)9-7-21)29(26)24-11-10-23(35)17-25(19)24/h6-9,17,19,26-28,32-33H,10-12,14-16,18H2,1-4H3/t19?,26-,27+,28-,30-,31+/m0/s1. The summed E-state index contributed by atoms with van der Waals surface area (Å²) in [7, 11) is 1.93. The Morgan fingerprint density at radius 2 is 1.97 bits per heavy atom. The van der Waals surface area contributed by atoms with Gasteiger partial charge in [0.2, 0.25) is 0 Å². The van der Waals surface area contributed by atoms with Crippen LogP contribution in [0.5, 0.6) is 0 Å². The van der Waals surface area contributed by atoms with Crippen LogP contribution < -0.4 is 5.32 Å². The van der Waals surface area contributed by atoms with Crippen molar-refractivity contribution < 1.29 is 14.7 Å². The zero-order valence-electron chi connectivity index (χ0n) is 21.4. The van der Waals surface area contributed by atoms with E-state index in [4.69, 9.17) is 0 Å². The van der Waals surface area contributed by atoms with Gasteiger partial charge in [-0.1, -0.05) is 43.4 Å². The summed E-state index contributed by atoms with van der Waals surface area (Å²) < 4.78 is 0. The second-order valence-corrected chi connectivity index (χ2v) is 11.4. The van der Waals surface area contributed by atoms with E-state index < -0.39 is 5.41 Å². The molecule has 0 radical (unpaired) electrons. The molecule has 184 valence electrons. The van der Waals surface area contributed by atoms with Crippen LogP contribution in [0.15, 0.2) is 47.1 Å². The molecule has 4 heteroatoms. The smallest absolute Gasteiger partial charge is 0.156 e. The van der Waals surface area contributed by atoms with Crippen LogP contribution in [0, 0.1) is 40.4 Å². The summed E-state index contributed by atoms with van der Waals surface area (Å²) in [4.78, 5) is 25.7. The van der Waals surface area contributed by atoms with Crippen molar-refractivity contribution in [3.05, 3.63) is 52.6 Å². The van der Waals surface area contributed by atoms with Gasteiger partial charge in [-0.3, -0.25) is 9.59 Å². The molecule has 4 aliphatic rings. The number of fused-ring (bicyclic) bond motifs is 4. The minimum atomic E-state index is -0.721. The van der Waals surface area contributed by atoms with Crippen molar-refractivity contribution in [2.45, 2.75) is 65.2 Å². The third-order valence-electron chi connectivity index (χ3n) is 9.87. The van der Waals surface area contributed by atoms with Gasteiger partial charge in [-0.25, -0.2) is 0 Å². The first-order valence-corrected chi connectivity index (χ1v) is 13.1. The molecule has 1 aromatic rings. The second-order valence-electron chi connectivity index (χ2n) is 11.4. The molecule has 2 fully saturated rings. The highest BCUT2D eigenvalue weighted by atomic mass is 16.2. The molecule has 0 aliphatic heterocycles. The number of carbonyl (C=O) groups excluding carboxylic acids is 2. The van der Waals surface area contributed by atoms with Gasteiger partial charge in [-0.05, 0) is 97.1 Å². The lowest BCUT2D eigenvalue weighted by Crippen LogP contribution is -2.50. The molecule has 2 saturated carbocycles. The molecule has 0 saturated heterocycles. The number of Topliss-reactive ketones (excluding diaryl/α,β-unsaturated/α-hetero) is 1. The third-order valence-corrected chi connectivity index (χ3v) is 9.87. The fourth-order valence-electron chi connectivity index (χ4n) is 8.22. The average Bonchev–Trinajstić information content (AvgIpc) is 3.15. The summed E-state index contributed by atoms with van der Waals surface area (Å²) >= 11 is 0. The molecule has 1 unspecified atom stereocenters. The van der Waals surface area contributed by atoms with E-state index >= 15 is 0 Å². The SMILES string of the molecule is CNc1ccc([C@H]2C[C@@]3(C)[C@@H](CC[C@]3(C#CCO)C(C)=O)[C@@H]3CC(C)C4=CC(=O)CCC4=C32)cc1. The summed E-state index contributed by atoms with van der Waals surface area (Å²) in [5, 5.41) is 12.7. The number of hydrogen-bond donors (Lipinski definition) is 2. The number of hydrogen-bond acceptors (Lipinski definition) is 4. The third kappa shape index (κ3) is 3.54. The molecule has 5 rings (SSSR count). The van der Waals surface area contributed by atoms with E-state index in [0.29, 0.717) is 24.2 Å². The van der Waals surface area contributed by atoms with Gasteiger partial charge < -0.3 is 10.4 Å². The van der Waals surface area contributed by atoms with Crippen LogP contribution in [0.2, 0.25) is 0 Å². The van der Waals surface area contributed by atoms with E-state index in [2.05, 4.69) is 55.3 Å². The topological polar surface area (TPSA) is 66.4 Å². The predicted octanol–water partition coefficient (Wildman–Crippen LogP) is 5.44. The number of ketones is 2. The Bertz CT molecular complexity index is 1180. The van der Waals surface area contributed by atoms with Gasteiger partial charge >= 0.3 is 0 Å². The fourth-order valence-corrected chi connectivity index (χ4v) is 8.22. The van der Waals surface area contributed by atoms with Crippen LogP contribution in [0.4, 0.5) is 5.69 Å². The largest absolute Gasteiger partial charge is 0.388 e. The maximum Gasteiger partial charge on any atom is 0.156 e. The quantitative estimate of drug-likeness (QED) is 0.576. The van der Waals surface area contributed by atoms with E-state index in [1.807, 2.05) is 13.1 Å². The number of anilines is 1. The Hall–Kier alpha value is -2.64. The minimum absolute atomic E-state index is 0.136. The molecule has 4 aliphatic carbocycles. The first-order valence-electron chi connectivity index (χ1n) is 13.1. The lowest BCUT2D eigenvalue weighted by molar-refractivity contribution is -0.130. The summed E-state index contributed by atoms with van der Waals surface area (Å²) in [5.41, 5.74) is 5.56. The van der Waals surface area contributed by atoms with Crippen molar-refractivity contribution in [2.24, 2.45) is 28.6 Å². The van der Waals surface area contributed by atoms with Gasteiger partial charge in [-0.2, -0.15) is 0 Å². The zero-order valence-corrected chi connectivity index (χ0v) is 21.4. The van der Waals surface area contributed by atoms with E-state index in [9.17, 15) is 14.7 Å². The van der Waals surface area contributed by atoms with Crippen molar-refractivity contribution in [2.75, 3.05) is 19.0 Å². The van der Waals surface area contributed by atoms with Crippen molar-refractivity contribution >= 4 is 17.3 Å². The highest BCUT2D eigenvalue weighted by Gasteiger charge is 2.65. The molecule has 6 atom stereocenters. The van der Waals surface area contributed by atoms with Crippen molar-refractivity contribution in [3.63, 3.8) is 0 Å². The highest BCUT2D eigenvalue weighted by Crippen LogP contribution is 2.70. The molecule has 4 nitrogen and oxygen atoms in total. The van der Waals surface area contributed by atoms with Gasteiger partial charge in [0, 0.05) is 25.1 Å². The summed E-state index contributed by atoms with van der Waals surface area (Å²) in [5.74, 6) is 7.88. The molecule has 1 aromatic carbocycles. The van der Waals surface area contributed by atoms with Crippen LogP contribution in [0.1, 0.15) is 70.8 Å². The summed E-state index contributed by atoms with van der Waals surface area (Å²) in [6, 6.07) is 8.72. The predicted molar refractivity (Wildman–Crippen MR) is 139 cm³/mol. The maximum atomic E-state index is 13.3. The number of benzene rings is 1. The first-order chi connectivity index (χ1) is 16.8. The van der Waals surface area contributed by atoms with Crippen LogP contribution in [-0.2, 0) is 9.59 Å². The number of aliphatic hydroxyl groups excluding tert-OH is 1. The highest BCUT2D eigenvalue weighted by molar-refractivity contribution is 5.93. The molecule has 35 heavy (non-hydrogen) atoms. The Balaban J connectivity index is 1.72. The molecule has 2 N–H and O–H groups in total. The Morgan fingerprint density at radius 3 is 2.63 bits per heavy atom. The van der Waals surface area contributed by atoms with E-state index in [1.54, 1.807) is 6.92 Å². The van der Waals surface area contributed by atoms with Gasteiger partial charge in [0.25, 0.3) is 0 Å². The molecule has 0 amide bonds. The number of allylic oxidation sites excluding steroid dienone is 4. The van der Waals surface area contributed by atoms with Crippen LogP contribution >= 0.6 is 0 Å². The number of aliphatic hydroxyl groups is 1. The van der Waals surface area contributed by atoms with Crippen LogP contribution in [0.25, 0.3) is 0 Å². The average molecular weight is 472 g/mol. The lowest BCUT2D eigenvalue weighted by atomic mass is 9.47. The summed E-state index contributed by atoms with van der Waals surface area (Å²) in [6.45, 7) is 6.04. The Labute approximate surface area is 209 Å². The van der Waals surface area contributed by atoms with Crippen LogP contribution in [0.3, 0.4) is 0 Å². The number of carbonyl (C=O) groups is 2. The number of rotatable bonds is 3. The lowest BCUT2D eigenvalue weighted by Gasteiger charge is -2.55. The molecular weight excluding hydrogens is 434 g/mol. The fraction of sp³-hybridized carbons (Fsp3) is 0.548. The van der Waals surface area contributed by atoms with Gasteiger partial charge in [0.1, 0.15) is 12.4 Å². The van der Waals surface area contributed by atoms with E-state index in [0.717, 1.165) is 37.8 Å². The summed E-state index contributed by atoms with van der Waals surface area (Å²) in [6.07, 6.45) is 6.96. The normalized spacial score (nSPS) is 35.8. The van der Waals surface area contributed by atoms with Crippen molar-refractivity contribution in [1.82, 2.24) is 0 Å². The molecule has 0 heterocycles. The number of nitrogens with one attached hydrogen (secondary N) is 1. The molecular formula is C31H37NO3. The van der Waals surface area contributed by atoms with Crippen molar-refractivity contribution in [1.29, 1.82) is 0 Å². The Kier molecular flexibility index (Phi) is 6.04. The Morgan fingerprint density at radius 1 is 1.23 bits per heavy atom. The van der Waals surface area contributed by atoms with Gasteiger partial charge in [-0.15, -0.1) is 0 Å².